The maximum absolute atomic E-state index is 11.9. The van der Waals surface area contributed by atoms with Crippen LogP contribution in [0.5, 0.6) is 0 Å². The number of hydrogen-bond acceptors (Lipinski definition) is 2. The molecule has 0 fully saturated rings. The van der Waals surface area contributed by atoms with E-state index in [1.807, 2.05) is 0 Å². The van der Waals surface area contributed by atoms with Crippen LogP contribution in [0.1, 0.15) is 20.3 Å². The van der Waals surface area contributed by atoms with Crippen LogP contribution in [0, 0.1) is 0 Å². The number of halogens is 4. The lowest BCUT2D eigenvalue weighted by molar-refractivity contribution is -0.176. The molecule has 0 spiro atoms. The summed E-state index contributed by atoms with van der Waals surface area (Å²) in [4.78, 5) is 21.8. The van der Waals surface area contributed by atoms with Crippen LogP contribution in [0.15, 0.2) is 0 Å². The molecule has 0 rings (SSSR count). The van der Waals surface area contributed by atoms with Gasteiger partial charge in [0, 0.05) is 0 Å². The first-order valence-corrected chi connectivity index (χ1v) is 4.69. The summed E-state index contributed by atoms with van der Waals surface area (Å²) < 4.78 is 35.8. The summed E-state index contributed by atoms with van der Waals surface area (Å²) in [6.07, 6.45) is -4.95. The monoisotopic (exact) mass is 245 g/mol. The number of carbonyl (C=O) groups excluding carboxylic acids is 2. The minimum Gasteiger partial charge on any atom is -0.336 e. The smallest absolute Gasteiger partial charge is 0.336 e. The van der Waals surface area contributed by atoms with Gasteiger partial charge in [-0.05, 0) is 13.3 Å². The van der Waals surface area contributed by atoms with Crippen LogP contribution < -0.4 is 5.32 Å². The van der Waals surface area contributed by atoms with E-state index in [-0.39, 0.29) is 6.42 Å². The van der Waals surface area contributed by atoms with Crippen molar-refractivity contribution in [2.24, 2.45) is 0 Å². The fourth-order valence-electron chi connectivity index (χ4n) is 0.824. The van der Waals surface area contributed by atoms with Crippen LogP contribution in [0.2, 0.25) is 0 Å². The van der Waals surface area contributed by atoms with Gasteiger partial charge in [0.05, 0.1) is 11.4 Å². The molecule has 3 nitrogen and oxygen atoms in total. The molecule has 15 heavy (non-hydrogen) atoms. The lowest BCUT2D eigenvalue weighted by atomic mass is 9.94. The summed E-state index contributed by atoms with van der Waals surface area (Å²) >= 11 is 5.23. The number of nitrogens with one attached hydrogen (secondary N) is 1. The van der Waals surface area contributed by atoms with Crippen molar-refractivity contribution in [3.63, 3.8) is 0 Å². The summed E-state index contributed by atoms with van der Waals surface area (Å²) in [5.41, 5.74) is -1.56. The number of alkyl halides is 4. The SMILES string of the molecule is CCC(C)(NC(=O)C(F)(F)F)C(=O)CCl. The maximum atomic E-state index is 11.9. The van der Waals surface area contributed by atoms with Gasteiger partial charge in [-0.15, -0.1) is 11.6 Å². The van der Waals surface area contributed by atoms with E-state index >= 15 is 0 Å². The van der Waals surface area contributed by atoms with Gasteiger partial charge in [0.1, 0.15) is 0 Å². The zero-order chi connectivity index (χ0) is 12.3. The Bertz CT molecular complexity index is 267. The van der Waals surface area contributed by atoms with Crippen LogP contribution in [-0.2, 0) is 9.59 Å². The van der Waals surface area contributed by atoms with Crippen molar-refractivity contribution in [1.29, 1.82) is 0 Å². The van der Waals surface area contributed by atoms with Gasteiger partial charge in [0.25, 0.3) is 0 Å². The normalized spacial score (nSPS) is 15.6. The van der Waals surface area contributed by atoms with Crippen molar-refractivity contribution in [1.82, 2.24) is 5.32 Å². The number of carbonyl (C=O) groups is 2. The lowest BCUT2D eigenvalue weighted by Gasteiger charge is -2.27. The molecule has 1 amide bonds. The first kappa shape index (κ1) is 14.2. The second-order valence-corrected chi connectivity index (χ2v) is 3.46. The Morgan fingerprint density at radius 3 is 2.07 bits per heavy atom. The van der Waals surface area contributed by atoms with E-state index in [2.05, 4.69) is 0 Å². The van der Waals surface area contributed by atoms with Crippen LogP contribution in [-0.4, -0.2) is 29.3 Å². The fourth-order valence-corrected chi connectivity index (χ4v) is 1.12. The van der Waals surface area contributed by atoms with Crippen LogP contribution in [0.25, 0.3) is 0 Å². The number of ketones is 1. The lowest BCUT2D eigenvalue weighted by Crippen LogP contribution is -2.55. The predicted octanol–water partition coefficient (Wildman–Crippen LogP) is 1.64. The summed E-state index contributed by atoms with van der Waals surface area (Å²) in [5.74, 6) is -3.22. The molecule has 1 N–H and O–H groups in total. The zero-order valence-electron chi connectivity index (χ0n) is 8.24. The Hall–Kier alpha value is -0.780. The van der Waals surface area contributed by atoms with Gasteiger partial charge in [-0.1, -0.05) is 6.92 Å². The molecule has 0 bridgehead atoms. The molecule has 0 aliphatic carbocycles. The summed E-state index contributed by atoms with van der Waals surface area (Å²) in [7, 11) is 0. The van der Waals surface area contributed by atoms with Gasteiger partial charge in [-0.2, -0.15) is 13.2 Å². The van der Waals surface area contributed by atoms with E-state index in [1.54, 1.807) is 5.32 Å². The Morgan fingerprint density at radius 2 is 1.80 bits per heavy atom. The molecule has 88 valence electrons. The molecule has 0 aliphatic rings. The molecule has 0 radical (unpaired) electrons. The zero-order valence-corrected chi connectivity index (χ0v) is 9.00. The molecule has 0 aromatic heterocycles. The Kier molecular flexibility index (Phi) is 4.58. The average Bonchev–Trinajstić information content (AvgIpc) is 2.14. The van der Waals surface area contributed by atoms with Crippen molar-refractivity contribution in [3.8, 4) is 0 Å². The number of Topliss-reactive ketones (excluding diaryl/α,β-unsaturated/α-hetero) is 1. The third-order valence-corrected chi connectivity index (χ3v) is 2.33. The van der Waals surface area contributed by atoms with E-state index < -0.39 is 29.3 Å². The van der Waals surface area contributed by atoms with Crippen molar-refractivity contribution in [2.45, 2.75) is 32.0 Å². The molecule has 1 atom stereocenters. The molecule has 0 saturated heterocycles. The molecule has 0 heterocycles. The average molecular weight is 246 g/mol. The third-order valence-electron chi connectivity index (χ3n) is 2.09. The Morgan fingerprint density at radius 1 is 1.33 bits per heavy atom. The van der Waals surface area contributed by atoms with Crippen molar-refractivity contribution in [2.75, 3.05) is 5.88 Å². The van der Waals surface area contributed by atoms with Crippen LogP contribution in [0.3, 0.4) is 0 Å². The summed E-state index contributed by atoms with van der Waals surface area (Å²) in [6.45, 7) is 2.70. The van der Waals surface area contributed by atoms with E-state index in [0.29, 0.717) is 0 Å². The molecular formula is C8H11ClF3NO2. The fraction of sp³-hybridized carbons (Fsp3) is 0.750. The van der Waals surface area contributed by atoms with Crippen LogP contribution >= 0.6 is 11.6 Å². The van der Waals surface area contributed by atoms with E-state index in [0.717, 1.165) is 0 Å². The molecule has 0 aliphatic heterocycles. The van der Waals surface area contributed by atoms with Gasteiger partial charge in [0.2, 0.25) is 0 Å². The summed E-state index contributed by atoms with van der Waals surface area (Å²) in [6, 6.07) is 0. The van der Waals surface area contributed by atoms with Gasteiger partial charge in [0.15, 0.2) is 5.78 Å². The number of hydrogen-bond donors (Lipinski definition) is 1. The highest BCUT2D eigenvalue weighted by Gasteiger charge is 2.44. The number of rotatable bonds is 4. The highest BCUT2D eigenvalue weighted by molar-refractivity contribution is 6.29. The second-order valence-electron chi connectivity index (χ2n) is 3.19. The topological polar surface area (TPSA) is 46.2 Å². The third kappa shape index (κ3) is 3.70. The van der Waals surface area contributed by atoms with Crippen molar-refractivity contribution < 1.29 is 22.8 Å². The first-order valence-electron chi connectivity index (χ1n) is 4.16. The van der Waals surface area contributed by atoms with Gasteiger partial charge in [-0.3, -0.25) is 9.59 Å². The van der Waals surface area contributed by atoms with E-state index in [4.69, 9.17) is 11.6 Å². The predicted molar refractivity (Wildman–Crippen MR) is 48.6 cm³/mol. The largest absolute Gasteiger partial charge is 0.471 e. The molecule has 0 saturated carbocycles. The Labute approximate surface area is 90.0 Å². The van der Waals surface area contributed by atoms with Gasteiger partial charge >= 0.3 is 12.1 Å². The van der Waals surface area contributed by atoms with Crippen molar-refractivity contribution in [3.05, 3.63) is 0 Å². The minimum atomic E-state index is -5.00. The summed E-state index contributed by atoms with van der Waals surface area (Å²) in [5, 5.41) is 1.64. The highest BCUT2D eigenvalue weighted by atomic mass is 35.5. The van der Waals surface area contributed by atoms with Crippen LogP contribution in [0.4, 0.5) is 13.2 Å². The quantitative estimate of drug-likeness (QED) is 0.766. The van der Waals surface area contributed by atoms with Crippen molar-refractivity contribution >= 4 is 23.3 Å². The molecule has 0 aromatic carbocycles. The highest BCUT2D eigenvalue weighted by Crippen LogP contribution is 2.19. The standard InChI is InChI=1S/C8H11ClF3NO2/c1-3-7(2,5(14)4-9)13-6(15)8(10,11)12/h3-4H2,1-2H3,(H,13,15). The second kappa shape index (κ2) is 4.83. The number of amides is 1. The van der Waals surface area contributed by atoms with Gasteiger partial charge < -0.3 is 5.32 Å². The van der Waals surface area contributed by atoms with E-state index in [9.17, 15) is 22.8 Å². The molecule has 0 aromatic rings. The van der Waals surface area contributed by atoms with Gasteiger partial charge in [-0.25, -0.2) is 0 Å². The maximum Gasteiger partial charge on any atom is 0.471 e. The molecule has 7 heteroatoms. The molecule has 1 unspecified atom stereocenters. The Balaban J connectivity index is 4.73. The van der Waals surface area contributed by atoms with E-state index in [1.165, 1.54) is 13.8 Å². The molecular weight excluding hydrogens is 235 g/mol. The minimum absolute atomic E-state index is 0.0420. The first-order chi connectivity index (χ1) is 6.67.